The molecule has 0 bridgehead atoms. The van der Waals surface area contributed by atoms with Gasteiger partial charge >= 0.3 is 0 Å². The third-order valence-corrected chi connectivity index (χ3v) is 2.49. The lowest BCUT2D eigenvalue weighted by Crippen LogP contribution is -2.22. The van der Waals surface area contributed by atoms with Crippen LogP contribution in [0, 0.1) is 18.7 Å². The van der Waals surface area contributed by atoms with Gasteiger partial charge in [-0.3, -0.25) is 4.79 Å². The first-order valence-corrected chi connectivity index (χ1v) is 5.31. The Kier molecular flexibility index (Phi) is 4.43. The van der Waals surface area contributed by atoms with Crippen LogP contribution < -0.4 is 11.1 Å². The fourth-order valence-corrected chi connectivity index (χ4v) is 1.32. The van der Waals surface area contributed by atoms with Gasteiger partial charge in [-0.05, 0) is 37.6 Å². The van der Waals surface area contributed by atoms with Gasteiger partial charge in [0.05, 0.1) is 0 Å². The fourth-order valence-electron chi connectivity index (χ4n) is 1.32. The van der Waals surface area contributed by atoms with Crippen LogP contribution in [0.5, 0.6) is 0 Å². The Labute approximate surface area is 94.8 Å². The van der Waals surface area contributed by atoms with Gasteiger partial charge < -0.3 is 11.1 Å². The first-order valence-electron chi connectivity index (χ1n) is 5.31. The predicted molar refractivity (Wildman–Crippen MR) is 62.6 cm³/mol. The molecule has 3 N–H and O–H groups in total. The highest BCUT2D eigenvalue weighted by Gasteiger charge is 2.12. The maximum Gasteiger partial charge on any atom is 0.227 e. The summed E-state index contributed by atoms with van der Waals surface area (Å²) in [6.07, 6.45) is 0.625. The number of hydrogen-bond donors (Lipinski definition) is 2. The number of nitrogens with two attached hydrogens (primary N) is 1. The Morgan fingerprint density at radius 3 is 2.81 bits per heavy atom. The zero-order valence-electron chi connectivity index (χ0n) is 9.59. The van der Waals surface area contributed by atoms with Crippen molar-refractivity contribution >= 4 is 11.6 Å². The number of amides is 1. The van der Waals surface area contributed by atoms with Crippen molar-refractivity contribution in [2.75, 3.05) is 11.9 Å². The molecule has 88 valence electrons. The Bertz CT molecular complexity index is 379. The first-order chi connectivity index (χ1) is 7.54. The van der Waals surface area contributed by atoms with E-state index in [0.29, 0.717) is 24.2 Å². The molecule has 1 amide bonds. The number of nitrogens with one attached hydrogen (secondary N) is 1. The van der Waals surface area contributed by atoms with Crippen LogP contribution in [0.4, 0.5) is 10.1 Å². The van der Waals surface area contributed by atoms with Gasteiger partial charge in [-0.15, -0.1) is 0 Å². The quantitative estimate of drug-likeness (QED) is 0.822. The molecule has 0 aliphatic rings. The van der Waals surface area contributed by atoms with Crippen molar-refractivity contribution in [1.82, 2.24) is 0 Å². The second-order valence-electron chi connectivity index (χ2n) is 3.93. The van der Waals surface area contributed by atoms with Gasteiger partial charge in [-0.1, -0.05) is 13.0 Å². The lowest BCUT2D eigenvalue weighted by atomic mass is 10.1. The molecule has 0 saturated heterocycles. The average Bonchev–Trinajstić information content (AvgIpc) is 2.24. The van der Waals surface area contributed by atoms with Crippen molar-refractivity contribution in [2.45, 2.75) is 20.3 Å². The molecule has 0 spiro atoms. The lowest BCUT2D eigenvalue weighted by molar-refractivity contribution is -0.119. The minimum Gasteiger partial charge on any atom is -0.330 e. The molecule has 0 heterocycles. The van der Waals surface area contributed by atoms with Gasteiger partial charge in [0.15, 0.2) is 0 Å². The van der Waals surface area contributed by atoms with Crippen molar-refractivity contribution in [2.24, 2.45) is 11.7 Å². The summed E-state index contributed by atoms with van der Waals surface area (Å²) in [5.74, 6) is -0.604. The lowest BCUT2D eigenvalue weighted by Gasteiger charge is -2.11. The SMILES string of the molecule is Cc1ccc(NC(=O)C(C)CCN)cc1F. The largest absolute Gasteiger partial charge is 0.330 e. The minimum atomic E-state index is -0.315. The van der Waals surface area contributed by atoms with Crippen LogP contribution in [0.2, 0.25) is 0 Å². The number of hydrogen-bond acceptors (Lipinski definition) is 2. The molecule has 0 aliphatic heterocycles. The van der Waals surface area contributed by atoms with Gasteiger partial charge in [0.25, 0.3) is 0 Å². The smallest absolute Gasteiger partial charge is 0.227 e. The standard InChI is InChI=1S/C12H17FN2O/c1-8-3-4-10(7-11(8)13)15-12(16)9(2)5-6-14/h3-4,7,9H,5-6,14H2,1-2H3,(H,15,16). The molecule has 1 aromatic rings. The molecular weight excluding hydrogens is 207 g/mol. The normalized spacial score (nSPS) is 12.2. The monoisotopic (exact) mass is 224 g/mol. The van der Waals surface area contributed by atoms with Crippen LogP contribution in [-0.2, 0) is 4.79 Å². The Hall–Kier alpha value is -1.42. The molecule has 0 aliphatic carbocycles. The number of carbonyl (C=O) groups is 1. The van der Waals surface area contributed by atoms with Crippen LogP contribution in [-0.4, -0.2) is 12.5 Å². The van der Waals surface area contributed by atoms with Crippen LogP contribution in [0.3, 0.4) is 0 Å². The molecule has 1 rings (SSSR count). The van der Waals surface area contributed by atoms with Gasteiger partial charge in [0, 0.05) is 11.6 Å². The molecular formula is C12H17FN2O. The second-order valence-corrected chi connectivity index (χ2v) is 3.93. The van der Waals surface area contributed by atoms with Crippen molar-refractivity contribution in [1.29, 1.82) is 0 Å². The summed E-state index contributed by atoms with van der Waals surface area (Å²) in [6.45, 7) is 3.95. The molecule has 1 atom stereocenters. The molecule has 3 nitrogen and oxygen atoms in total. The fraction of sp³-hybridized carbons (Fsp3) is 0.417. The zero-order chi connectivity index (χ0) is 12.1. The summed E-state index contributed by atoms with van der Waals surface area (Å²) in [7, 11) is 0. The topological polar surface area (TPSA) is 55.1 Å². The van der Waals surface area contributed by atoms with E-state index in [1.165, 1.54) is 6.07 Å². The van der Waals surface area contributed by atoms with Crippen molar-refractivity contribution in [3.05, 3.63) is 29.6 Å². The number of halogens is 1. The third-order valence-electron chi connectivity index (χ3n) is 2.49. The Morgan fingerprint density at radius 1 is 1.56 bits per heavy atom. The van der Waals surface area contributed by atoms with Crippen molar-refractivity contribution in [3.8, 4) is 0 Å². The van der Waals surface area contributed by atoms with E-state index < -0.39 is 0 Å². The summed E-state index contributed by atoms with van der Waals surface area (Å²) < 4.78 is 13.2. The summed E-state index contributed by atoms with van der Waals surface area (Å²) in [5.41, 5.74) is 6.41. The van der Waals surface area contributed by atoms with E-state index in [2.05, 4.69) is 5.32 Å². The van der Waals surface area contributed by atoms with E-state index in [1.807, 2.05) is 0 Å². The maximum atomic E-state index is 13.2. The van der Waals surface area contributed by atoms with Crippen LogP contribution >= 0.6 is 0 Å². The number of benzene rings is 1. The van der Waals surface area contributed by atoms with Gasteiger partial charge in [-0.25, -0.2) is 4.39 Å². The molecule has 4 heteroatoms. The van der Waals surface area contributed by atoms with E-state index in [-0.39, 0.29) is 17.6 Å². The van der Waals surface area contributed by atoms with Crippen molar-refractivity contribution < 1.29 is 9.18 Å². The molecule has 0 fully saturated rings. The zero-order valence-corrected chi connectivity index (χ0v) is 9.59. The molecule has 0 aromatic heterocycles. The van der Waals surface area contributed by atoms with E-state index in [1.54, 1.807) is 26.0 Å². The third kappa shape index (κ3) is 3.31. The molecule has 16 heavy (non-hydrogen) atoms. The second kappa shape index (κ2) is 5.61. The van der Waals surface area contributed by atoms with E-state index in [9.17, 15) is 9.18 Å². The summed E-state index contributed by atoms with van der Waals surface area (Å²) >= 11 is 0. The van der Waals surface area contributed by atoms with Gasteiger partial charge in [-0.2, -0.15) is 0 Å². The summed E-state index contributed by atoms with van der Waals surface area (Å²) in [5, 5.41) is 2.66. The number of carbonyl (C=O) groups excluding carboxylic acids is 1. The number of anilines is 1. The molecule has 0 saturated carbocycles. The van der Waals surface area contributed by atoms with E-state index in [0.717, 1.165) is 0 Å². The highest BCUT2D eigenvalue weighted by molar-refractivity contribution is 5.92. The highest BCUT2D eigenvalue weighted by atomic mass is 19.1. The summed E-state index contributed by atoms with van der Waals surface area (Å²) in [6, 6.07) is 4.65. The molecule has 1 unspecified atom stereocenters. The highest BCUT2D eigenvalue weighted by Crippen LogP contribution is 2.15. The summed E-state index contributed by atoms with van der Waals surface area (Å²) in [4.78, 5) is 11.6. The Morgan fingerprint density at radius 2 is 2.25 bits per heavy atom. The van der Waals surface area contributed by atoms with Crippen LogP contribution in [0.1, 0.15) is 18.9 Å². The average molecular weight is 224 g/mol. The van der Waals surface area contributed by atoms with Crippen molar-refractivity contribution in [3.63, 3.8) is 0 Å². The van der Waals surface area contributed by atoms with Gasteiger partial charge in [0.2, 0.25) is 5.91 Å². The van der Waals surface area contributed by atoms with Gasteiger partial charge in [0.1, 0.15) is 5.82 Å². The first kappa shape index (κ1) is 12.6. The van der Waals surface area contributed by atoms with E-state index in [4.69, 9.17) is 5.73 Å². The Balaban J connectivity index is 2.66. The van der Waals surface area contributed by atoms with E-state index >= 15 is 0 Å². The maximum absolute atomic E-state index is 13.2. The number of aryl methyl sites for hydroxylation is 1. The van der Waals surface area contributed by atoms with Crippen LogP contribution in [0.25, 0.3) is 0 Å². The predicted octanol–water partition coefficient (Wildman–Crippen LogP) is 2.06. The minimum absolute atomic E-state index is 0.131. The molecule has 0 radical (unpaired) electrons. The number of rotatable bonds is 4. The molecule has 1 aromatic carbocycles. The van der Waals surface area contributed by atoms with Crippen LogP contribution in [0.15, 0.2) is 18.2 Å².